The van der Waals surface area contributed by atoms with E-state index in [-0.39, 0.29) is 11.7 Å². The number of morpholine rings is 1. The summed E-state index contributed by atoms with van der Waals surface area (Å²) in [6.45, 7) is 3.37. The fraction of sp³-hybridized carbons (Fsp3) is 0.571. The maximum atomic E-state index is 12.5. The van der Waals surface area contributed by atoms with Gasteiger partial charge < -0.3 is 10.1 Å². The normalized spacial score (nSPS) is 31.1. The Labute approximate surface area is 107 Å². The summed E-state index contributed by atoms with van der Waals surface area (Å²) >= 11 is 0. The molecule has 18 heavy (non-hydrogen) atoms. The third-order valence-corrected chi connectivity index (χ3v) is 3.76. The number of ether oxygens (including phenoxy) is 1. The first kappa shape index (κ1) is 11.8. The van der Waals surface area contributed by atoms with Crippen LogP contribution in [0.3, 0.4) is 0 Å². The van der Waals surface area contributed by atoms with E-state index in [9.17, 15) is 4.79 Å². The maximum Gasteiger partial charge on any atom is 0.184 e. The average molecular weight is 246 g/mol. The lowest BCUT2D eigenvalue weighted by Crippen LogP contribution is -2.55. The third-order valence-electron chi connectivity index (χ3n) is 3.76. The second kappa shape index (κ2) is 4.78. The summed E-state index contributed by atoms with van der Waals surface area (Å²) < 4.78 is 5.50. The van der Waals surface area contributed by atoms with Crippen LogP contribution in [0.5, 0.6) is 0 Å². The first-order chi connectivity index (χ1) is 8.72. The van der Waals surface area contributed by atoms with Crippen LogP contribution >= 0.6 is 0 Å². The molecule has 3 rings (SSSR count). The van der Waals surface area contributed by atoms with Crippen LogP contribution in [0.4, 0.5) is 0 Å². The number of aryl methyl sites for hydroxylation is 1. The highest BCUT2D eigenvalue weighted by Gasteiger charge is 2.35. The SMILES string of the molecule is Cc1cccc(C(=O)C2CC3COCC(C2)N3)n1. The van der Waals surface area contributed by atoms with Crippen molar-refractivity contribution in [1.82, 2.24) is 10.3 Å². The highest BCUT2D eigenvalue weighted by molar-refractivity contribution is 5.96. The number of pyridine rings is 1. The highest BCUT2D eigenvalue weighted by Crippen LogP contribution is 2.26. The molecule has 2 atom stereocenters. The molecule has 0 radical (unpaired) electrons. The van der Waals surface area contributed by atoms with Gasteiger partial charge in [0.05, 0.1) is 13.2 Å². The Balaban J connectivity index is 1.76. The van der Waals surface area contributed by atoms with Crippen molar-refractivity contribution in [2.24, 2.45) is 5.92 Å². The number of rotatable bonds is 2. The quantitative estimate of drug-likeness (QED) is 0.800. The number of fused-ring (bicyclic) bond motifs is 2. The van der Waals surface area contributed by atoms with Crippen molar-refractivity contribution >= 4 is 5.78 Å². The van der Waals surface area contributed by atoms with E-state index in [1.54, 1.807) is 0 Å². The number of piperidine rings is 1. The topological polar surface area (TPSA) is 51.2 Å². The van der Waals surface area contributed by atoms with Crippen LogP contribution in [-0.4, -0.2) is 36.1 Å². The van der Waals surface area contributed by atoms with Crippen molar-refractivity contribution in [1.29, 1.82) is 0 Å². The molecule has 2 aliphatic rings. The molecule has 2 saturated heterocycles. The zero-order chi connectivity index (χ0) is 12.5. The van der Waals surface area contributed by atoms with E-state index in [1.807, 2.05) is 25.1 Å². The predicted molar refractivity (Wildman–Crippen MR) is 67.6 cm³/mol. The average Bonchev–Trinajstić information content (AvgIpc) is 2.37. The molecule has 1 aromatic rings. The Hall–Kier alpha value is -1.26. The Bertz CT molecular complexity index is 449. The van der Waals surface area contributed by atoms with Crippen molar-refractivity contribution in [3.8, 4) is 0 Å². The minimum atomic E-state index is 0.0967. The number of nitrogens with one attached hydrogen (secondary N) is 1. The molecule has 0 saturated carbocycles. The summed E-state index contributed by atoms with van der Waals surface area (Å²) in [6, 6.07) is 6.30. The minimum absolute atomic E-state index is 0.0967. The van der Waals surface area contributed by atoms with Gasteiger partial charge in [-0.2, -0.15) is 0 Å². The van der Waals surface area contributed by atoms with Crippen LogP contribution < -0.4 is 5.32 Å². The van der Waals surface area contributed by atoms with Crippen LogP contribution in [0.2, 0.25) is 0 Å². The molecule has 96 valence electrons. The van der Waals surface area contributed by atoms with E-state index in [0.29, 0.717) is 17.8 Å². The molecule has 2 fully saturated rings. The molecule has 0 aromatic carbocycles. The summed E-state index contributed by atoms with van der Waals surface area (Å²) in [6.07, 6.45) is 1.73. The molecule has 0 amide bonds. The molecule has 3 heterocycles. The Morgan fingerprint density at radius 2 is 2.06 bits per heavy atom. The second-order valence-corrected chi connectivity index (χ2v) is 5.29. The smallest absolute Gasteiger partial charge is 0.184 e. The van der Waals surface area contributed by atoms with Crippen molar-refractivity contribution in [2.45, 2.75) is 31.8 Å². The highest BCUT2D eigenvalue weighted by atomic mass is 16.5. The Kier molecular flexibility index (Phi) is 3.14. The number of ketones is 1. The van der Waals surface area contributed by atoms with Gasteiger partial charge in [-0.3, -0.25) is 9.78 Å². The Morgan fingerprint density at radius 3 is 2.72 bits per heavy atom. The van der Waals surface area contributed by atoms with Gasteiger partial charge in [0.15, 0.2) is 5.78 Å². The summed E-state index contributed by atoms with van der Waals surface area (Å²) in [7, 11) is 0. The molecule has 0 aliphatic carbocycles. The van der Waals surface area contributed by atoms with E-state index in [2.05, 4.69) is 10.3 Å². The number of carbonyl (C=O) groups excluding carboxylic acids is 1. The molecule has 2 bridgehead atoms. The summed E-state index contributed by atoms with van der Waals surface area (Å²) in [4.78, 5) is 16.8. The molecule has 0 spiro atoms. The molecular weight excluding hydrogens is 228 g/mol. The minimum Gasteiger partial charge on any atom is -0.378 e. The molecule has 2 aliphatic heterocycles. The van der Waals surface area contributed by atoms with Crippen molar-refractivity contribution in [3.63, 3.8) is 0 Å². The first-order valence-corrected chi connectivity index (χ1v) is 6.54. The lowest BCUT2D eigenvalue weighted by molar-refractivity contribution is 0.00943. The van der Waals surface area contributed by atoms with E-state index in [4.69, 9.17) is 4.74 Å². The first-order valence-electron chi connectivity index (χ1n) is 6.54. The Morgan fingerprint density at radius 1 is 1.33 bits per heavy atom. The van der Waals surface area contributed by atoms with Crippen molar-refractivity contribution in [3.05, 3.63) is 29.6 Å². The number of aromatic nitrogens is 1. The lowest BCUT2D eigenvalue weighted by Gasteiger charge is -2.39. The monoisotopic (exact) mass is 246 g/mol. The lowest BCUT2D eigenvalue weighted by atomic mass is 9.83. The van der Waals surface area contributed by atoms with Gasteiger partial charge in [0, 0.05) is 23.7 Å². The van der Waals surface area contributed by atoms with Crippen LogP contribution in [-0.2, 0) is 4.74 Å². The number of hydrogen-bond acceptors (Lipinski definition) is 4. The summed E-state index contributed by atoms with van der Waals surface area (Å²) in [5.41, 5.74) is 1.51. The van der Waals surface area contributed by atoms with Crippen LogP contribution in [0.1, 0.15) is 29.0 Å². The van der Waals surface area contributed by atoms with Crippen LogP contribution in [0.15, 0.2) is 18.2 Å². The van der Waals surface area contributed by atoms with Gasteiger partial charge in [-0.15, -0.1) is 0 Å². The van der Waals surface area contributed by atoms with Crippen molar-refractivity contribution in [2.75, 3.05) is 13.2 Å². The van der Waals surface area contributed by atoms with Crippen molar-refractivity contribution < 1.29 is 9.53 Å². The molecule has 4 nitrogen and oxygen atoms in total. The standard InChI is InChI=1S/C14H18N2O2/c1-9-3-2-4-13(15-9)14(17)10-5-11-7-18-8-12(6-10)16-11/h2-4,10-12,16H,5-8H2,1H3. The van der Waals surface area contributed by atoms with E-state index in [0.717, 1.165) is 31.7 Å². The summed E-state index contributed by atoms with van der Waals surface area (Å²) in [5.74, 6) is 0.288. The van der Waals surface area contributed by atoms with E-state index >= 15 is 0 Å². The van der Waals surface area contributed by atoms with Gasteiger partial charge in [-0.1, -0.05) is 6.07 Å². The second-order valence-electron chi connectivity index (χ2n) is 5.29. The van der Waals surface area contributed by atoms with Gasteiger partial charge in [0.2, 0.25) is 0 Å². The number of hydrogen-bond donors (Lipinski definition) is 1. The maximum absolute atomic E-state index is 12.5. The fourth-order valence-electron chi connectivity index (χ4n) is 2.94. The van der Waals surface area contributed by atoms with E-state index in [1.165, 1.54) is 0 Å². The molecular formula is C14H18N2O2. The van der Waals surface area contributed by atoms with Crippen LogP contribution in [0, 0.1) is 12.8 Å². The van der Waals surface area contributed by atoms with Gasteiger partial charge >= 0.3 is 0 Å². The molecule has 1 N–H and O–H groups in total. The van der Waals surface area contributed by atoms with Crippen LogP contribution in [0.25, 0.3) is 0 Å². The number of carbonyl (C=O) groups is 1. The van der Waals surface area contributed by atoms with Gasteiger partial charge in [-0.25, -0.2) is 0 Å². The molecule has 1 aromatic heterocycles. The largest absolute Gasteiger partial charge is 0.378 e. The zero-order valence-corrected chi connectivity index (χ0v) is 10.6. The third kappa shape index (κ3) is 2.31. The fourth-order valence-corrected chi connectivity index (χ4v) is 2.94. The zero-order valence-electron chi connectivity index (χ0n) is 10.6. The van der Waals surface area contributed by atoms with Gasteiger partial charge in [-0.05, 0) is 31.9 Å². The molecule has 4 heteroatoms. The van der Waals surface area contributed by atoms with Gasteiger partial charge in [0.25, 0.3) is 0 Å². The van der Waals surface area contributed by atoms with Gasteiger partial charge in [0.1, 0.15) is 5.69 Å². The number of nitrogens with zero attached hydrogens (tertiary/aromatic N) is 1. The molecule has 2 unspecified atom stereocenters. The number of Topliss-reactive ketones (excluding diaryl/α,β-unsaturated/α-hetero) is 1. The van der Waals surface area contributed by atoms with E-state index < -0.39 is 0 Å². The summed E-state index contributed by atoms with van der Waals surface area (Å²) in [5, 5.41) is 3.50. The predicted octanol–water partition coefficient (Wildman–Crippen LogP) is 1.34.